The highest BCUT2D eigenvalue weighted by atomic mass is 16.2. The zero-order chi connectivity index (χ0) is 25.9. The van der Waals surface area contributed by atoms with Crippen molar-refractivity contribution in [2.24, 2.45) is 0 Å². The minimum atomic E-state index is -0.628. The number of amides is 2. The molecular weight excluding hydrogens is 456 g/mol. The quantitative estimate of drug-likeness (QED) is 0.285. The van der Waals surface area contributed by atoms with E-state index < -0.39 is 6.04 Å². The van der Waals surface area contributed by atoms with Crippen molar-refractivity contribution in [3.8, 4) is 0 Å². The van der Waals surface area contributed by atoms with E-state index in [2.05, 4.69) is 5.32 Å². The SMILES string of the molecule is Cc1ccc(CNC(=O)[C@@H](Cc2ccccc2)N(Cc2ccccc2)C(=O)CCc2ccccc2)cc1. The average molecular weight is 491 g/mol. The second-order valence-corrected chi connectivity index (χ2v) is 9.40. The third-order valence-electron chi connectivity index (χ3n) is 6.52. The molecule has 0 radical (unpaired) electrons. The van der Waals surface area contributed by atoms with E-state index in [4.69, 9.17) is 0 Å². The summed E-state index contributed by atoms with van der Waals surface area (Å²) in [6, 6.07) is 37.3. The van der Waals surface area contributed by atoms with Crippen molar-refractivity contribution in [2.75, 3.05) is 0 Å². The molecule has 2 amide bonds. The summed E-state index contributed by atoms with van der Waals surface area (Å²) in [6.45, 7) is 2.84. The number of carbonyl (C=O) groups is 2. The fraction of sp³-hybridized carbons (Fsp3) is 0.212. The summed E-state index contributed by atoms with van der Waals surface area (Å²) >= 11 is 0. The zero-order valence-corrected chi connectivity index (χ0v) is 21.3. The number of carbonyl (C=O) groups excluding carboxylic acids is 2. The molecule has 0 bridgehead atoms. The fourth-order valence-corrected chi connectivity index (χ4v) is 4.39. The van der Waals surface area contributed by atoms with Gasteiger partial charge in [0.1, 0.15) is 6.04 Å². The summed E-state index contributed by atoms with van der Waals surface area (Å²) in [7, 11) is 0. The van der Waals surface area contributed by atoms with Crippen LogP contribution in [-0.4, -0.2) is 22.8 Å². The van der Waals surface area contributed by atoms with Gasteiger partial charge in [0.15, 0.2) is 0 Å². The monoisotopic (exact) mass is 490 g/mol. The van der Waals surface area contributed by atoms with Crippen LogP contribution in [0.25, 0.3) is 0 Å². The molecule has 0 unspecified atom stereocenters. The molecule has 37 heavy (non-hydrogen) atoms. The Balaban J connectivity index is 1.58. The van der Waals surface area contributed by atoms with Gasteiger partial charge in [-0.3, -0.25) is 9.59 Å². The molecule has 0 saturated heterocycles. The maximum Gasteiger partial charge on any atom is 0.243 e. The molecule has 1 atom stereocenters. The zero-order valence-electron chi connectivity index (χ0n) is 21.3. The lowest BCUT2D eigenvalue weighted by atomic mass is 10.0. The summed E-state index contributed by atoms with van der Waals surface area (Å²) < 4.78 is 0. The lowest BCUT2D eigenvalue weighted by Gasteiger charge is -2.31. The van der Waals surface area contributed by atoms with Crippen LogP contribution in [0, 0.1) is 6.92 Å². The van der Waals surface area contributed by atoms with Gasteiger partial charge in [-0.2, -0.15) is 0 Å². The third-order valence-corrected chi connectivity index (χ3v) is 6.52. The van der Waals surface area contributed by atoms with Crippen LogP contribution in [0.5, 0.6) is 0 Å². The lowest BCUT2D eigenvalue weighted by molar-refractivity contribution is -0.141. The highest BCUT2D eigenvalue weighted by Gasteiger charge is 2.30. The predicted octanol–water partition coefficient (Wildman–Crippen LogP) is 5.88. The number of aryl methyl sites for hydroxylation is 2. The Bertz CT molecular complexity index is 1260. The van der Waals surface area contributed by atoms with E-state index in [1.807, 2.05) is 122 Å². The smallest absolute Gasteiger partial charge is 0.243 e. The number of nitrogens with zero attached hydrogens (tertiary/aromatic N) is 1. The van der Waals surface area contributed by atoms with Crippen molar-refractivity contribution in [2.45, 2.75) is 45.3 Å². The minimum absolute atomic E-state index is 0.0286. The van der Waals surface area contributed by atoms with Gasteiger partial charge in [-0.05, 0) is 35.6 Å². The van der Waals surface area contributed by atoms with Gasteiger partial charge < -0.3 is 10.2 Å². The number of hydrogen-bond donors (Lipinski definition) is 1. The molecule has 4 heteroatoms. The van der Waals surface area contributed by atoms with Crippen LogP contribution in [-0.2, 0) is 35.5 Å². The molecular formula is C33H34N2O2. The third kappa shape index (κ3) is 7.91. The Morgan fingerprint density at radius 3 is 1.81 bits per heavy atom. The van der Waals surface area contributed by atoms with E-state index in [9.17, 15) is 9.59 Å². The van der Waals surface area contributed by atoms with Crippen LogP contribution in [0.4, 0.5) is 0 Å². The van der Waals surface area contributed by atoms with E-state index in [-0.39, 0.29) is 11.8 Å². The second-order valence-electron chi connectivity index (χ2n) is 9.40. The maximum absolute atomic E-state index is 13.7. The first kappa shape index (κ1) is 25.9. The van der Waals surface area contributed by atoms with E-state index in [0.717, 1.165) is 22.3 Å². The lowest BCUT2D eigenvalue weighted by Crippen LogP contribution is -2.50. The van der Waals surface area contributed by atoms with E-state index in [0.29, 0.717) is 32.4 Å². The largest absolute Gasteiger partial charge is 0.350 e. The van der Waals surface area contributed by atoms with Crippen molar-refractivity contribution in [1.82, 2.24) is 10.2 Å². The predicted molar refractivity (Wildman–Crippen MR) is 149 cm³/mol. The van der Waals surface area contributed by atoms with Crippen molar-refractivity contribution in [3.05, 3.63) is 143 Å². The van der Waals surface area contributed by atoms with E-state index in [1.165, 1.54) is 5.56 Å². The maximum atomic E-state index is 13.7. The van der Waals surface area contributed by atoms with Crippen molar-refractivity contribution in [1.29, 1.82) is 0 Å². The van der Waals surface area contributed by atoms with Gasteiger partial charge in [-0.1, -0.05) is 121 Å². The number of hydrogen-bond acceptors (Lipinski definition) is 2. The molecule has 0 aliphatic rings. The minimum Gasteiger partial charge on any atom is -0.350 e. The summed E-state index contributed by atoms with van der Waals surface area (Å²) in [5.74, 6) is -0.174. The molecule has 0 heterocycles. The van der Waals surface area contributed by atoms with E-state index in [1.54, 1.807) is 4.90 Å². The average Bonchev–Trinajstić information content (AvgIpc) is 2.95. The highest BCUT2D eigenvalue weighted by molar-refractivity contribution is 5.88. The van der Waals surface area contributed by atoms with Gasteiger partial charge >= 0.3 is 0 Å². The van der Waals surface area contributed by atoms with E-state index >= 15 is 0 Å². The fourth-order valence-electron chi connectivity index (χ4n) is 4.39. The number of rotatable bonds is 11. The molecule has 0 aromatic heterocycles. The number of nitrogens with one attached hydrogen (secondary N) is 1. The van der Waals surface area contributed by atoms with Gasteiger partial charge in [0.2, 0.25) is 11.8 Å². The molecule has 0 saturated carbocycles. The standard InChI is InChI=1S/C33H34N2O2/c1-26-17-19-29(20-18-26)24-34-33(37)31(23-28-13-7-3-8-14-28)35(25-30-15-9-4-10-16-30)32(36)22-21-27-11-5-2-6-12-27/h2-20,31H,21-25H2,1H3,(H,34,37)/t31-/m1/s1. The second kappa shape index (κ2) is 13.2. The van der Waals surface area contributed by atoms with Gasteiger partial charge in [0.25, 0.3) is 0 Å². The highest BCUT2D eigenvalue weighted by Crippen LogP contribution is 2.17. The van der Waals surface area contributed by atoms with Gasteiger partial charge in [0.05, 0.1) is 0 Å². The Morgan fingerprint density at radius 1 is 0.676 bits per heavy atom. The summed E-state index contributed by atoms with van der Waals surface area (Å²) in [5.41, 5.74) is 5.34. The first-order valence-corrected chi connectivity index (χ1v) is 12.8. The summed E-state index contributed by atoms with van der Waals surface area (Å²) in [5, 5.41) is 3.10. The van der Waals surface area contributed by atoms with Gasteiger partial charge in [-0.15, -0.1) is 0 Å². The molecule has 0 aliphatic carbocycles. The Morgan fingerprint density at radius 2 is 1.22 bits per heavy atom. The van der Waals surface area contributed by atoms with Crippen LogP contribution in [0.15, 0.2) is 115 Å². The molecule has 0 aliphatic heterocycles. The van der Waals surface area contributed by atoms with Crippen LogP contribution >= 0.6 is 0 Å². The molecule has 4 aromatic rings. The summed E-state index contributed by atoms with van der Waals surface area (Å²) in [6.07, 6.45) is 1.42. The molecule has 188 valence electrons. The Hall–Kier alpha value is -4.18. The molecule has 0 spiro atoms. The van der Waals surface area contributed by atoms with Gasteiger partial charge in [0, 0.05) is 25.9 Å². The summed E-state index contributed by atoms with van der Waals surface area (Å²) in [4.78, 5) is 29.2. The van der Waals surface area contributed by atoms with Crippen molar-refractivity contribution < 1.29 is 9.59 Å². The normalized spacial score (nSPS) is 11.5. The molecule has 4 rings (SSSR count). The van der Waals surface area contributed by atoms with Crippen molar-refractivity contribution >= 4 is 11.8 Å². The van der Waals surface area contributed by atoms with Crippen LogP contribution in [0.2, 0.25) is 0 Å². The first-order valence-electron chi connectivity index (χ1n) is 12.8. The Labute approximate surface area is 220 Å². The topological polar surface area (TPSA) is 49.4 Å². The van der Waals surface area contributed by atoms with Gasteiger partial charge in [-0.25, -0.2) is 0 Å². The first-order chi connectivity index (χ1) is 18.1. The molecule has 1 N–H and O–H groups in total. The molecule has 0 fully saturated rings. The molecule has 4 aromatic carbocycles. The van der Waals surface area contributed by atoms with Crippen LogP contribution < -0.4 is 5.32 Å². The number of benzene rings is 4. The Kier molecular flexibility index (Phi) is 9.25. The molecule has 4 nitrogen and oxygen atoms in total. The van der Waals surface area contributed by atoms with Crippen LogP contribution in [0.1, 0.15) is 34.2 Å². The van der Waals surface area contributed by atoms with Crippen molar-refractivity contribution in [3.63, 3.8) is 0 Å². The van der Waals surface area contributed by atoms with Crippen LogP contribution in [0.3, 0.4) is 0 Å².